The fourth-order valence-corrected chi connectivity index (χ4v) is 4.33. The Morgan fingerprint density at radius 3 is 2.65 bits per heavy atom. The molecule has 1 saturated heterocycles. The quantitative estimate of drug-likeness (QED) is 0.730. The number of benzene rings is 2. The Bertz CT molecular complexity index is 748. The van der Waals surface area contributed by atoms with E-state index >= 15 is 0 Å². The summed E-state index contributed by atoms with van der Waals surface area (Å²) < 4.78 is 5.95. The Hall–Kier alpha value is -1.41. The minimum atomic E-state index is -0.117. The molecule has 2 aromatic carbocycles. The van der Waals surface area contributed by atoms with E-state index in [1.807, 2.05) is 42.2 Å². The van der Waals surface area contributed by atoms with Crippen molar-refractivity contribution >= 4 is 45.9 Å². The molecule has 0 aromatic heterocycles. The van der Waals surface area contributed by atoms with Crippen LogP contribution in [-0.4, -0.2) is 23.9 Å². The molecular formula is C17H16INO3S. The van der Waals surface area contributed by atoms with Crippen molar-refractivity contribution in [2.45, 2.75) is 12.3 Å². The van der Waals surface area contributed by atoms with Crippen LogP contribution in [0.3, 0.4) is 0 Å². The molecule has 1 unspecified atom stereocenters. The second kappa shape index (κ2) is 6.60. The lowest BCUT2D eigenvalue weighted by molar-refractivity contribution is -0.115. The average Bonchev–Trinajstić information content (AvgIpc) is 2.92. The molecule has 0 bridgehead atoms. The van der Waals surface area contributed by atoms with Gasteiger partial charge in [0.1, 0.15) is 5.37 Å². The van der Waals surface area contributed by atoms with E-state index < -0.39 is 0 Å². The first kappa shape index (κ1) is 16.4. The molecule has 1 N–H and O–H groups in total. The van der Waals surface area contributed by atoms with E-state index in [1.54, 1.807) is 17.8 Å². The first-order valence-corrected chi connectivity index (χ1v) is 9.20. The third-order valence-electron chi connectivity index (χ3n) is 3.74. The summed E-state index contributed by atoms with van der Waals surface area (Å²) in [5, 5.41) is 9.89. The first-order chi connectivity index (χ1) is 11.0. The zero-order valence-corrected chi connectivity index (χ0v) is 15.7. The van der Waals surface area contributed by atoms with Gasteiger partial charge in [0.15, 0.2) is 11.5 Å². The molecule has 0 saturated carbocycles. The van der Waals surface area contributed by atoms with Crippen LogP contribution in [0.25, 0.3) is 0 Å². The normalized spacial score (nSPS) is 17.6. The zero-order chi connectivity index (χ0) is 16.6. The molecule has 1 amide bonds. The lowest BCUT2D eigenvalue weighted by Crippen LogP contribution is -2.27. The number of amides is 1. The standard InChI is InChI=1S/C17H16INO3S/c1-10-3-5-12(6-4-10)19-15(20)9-23-17(19)11-7-13(18)16(21)14(8-11)22-2/h3-8,17,21H,9H2,1-2H3. The summed E-state index contributed by atoms with van der Waals surface area (Å²) in [5.41, 5.74) is 2.99. The number of aryl methyl sites for hydroxylation is 1. The van der Waals surface area contributed by atoms with Gasteiger partial charge < -0.3 is 9.84 Å². The number of carbonyl (C=O) groups excluding carboxylic acids is 1. The topological polar surface area (TPSA) is 49.8 Å². The van der Waals surface area contributed by atoms with Gasteiger partial charge in [-0.15, -0.1) is 11.8 Å². The number of halogens is 1. The lowest BCUT2D eigenvalue weighted by atomic mass is 10.1. The monoisotopic (exact) mass is 441 g/mol. The van der Waals surface area contributed by atoms with Gasteiger partial charge >= 0.3 is 0 Å². The lowest BCUT2D eigenvalue weighted by Gasteiger charge is -2.25. The van der Waals surface area contributed by atoms with Crippen molar-refractivity contribution in [2.75, 3.05) is 17.8 Å². The Balaban J connectivity index is 2.03. The van der Waals surface area contributed by atoms with E-state index in [0.717, 1.165) is 16.8 Å². The van der Waals surface area contributed by atoms with Crippen molar-refractivity contribution in [2.24, 2.45) is 0 Å². The largest absolute Gasteiger partial charge is 0.504 e. The number of hydrogen-bond acceptors (Lipinski definition) is 4. The minimum absolute atomic E-state index is 0.0888. The third kappa shape index (κ3) is 3.14. The summed E-state index contributed by atoms with van der Waals surface area (Å²) in [6.07, 6.45) is 0. The SMILES string of the molecule is COc1cc(C2SCC(=O)N2c2ccc(C)cc2)cc(I)c1O. The Labute approximate surface area is 153 Å². The number of phenols is 1. The van der Waals surface area contributed by atoms with Gasteiger partial charge in [-0.05, 0) is 59.3 Å². The van der Waals surface area contributed by atoms with Gasteiger partial charge in [0.05, 0.1) is 16.4 Å². The predicted octanol–water partition coefficient (Wildman–Crippen LogP) is 4.09. The second-order valence-corrected chi connectivity index (χ2v) is 7.55. The summed E-state index contributed by atoms with van der Waals surface area (Å²) in [6, 6.07) is 11.6. The van der Waals surface area contributed by atoms with Crippen LogP contribution >= 0.6 is 34.4 Å². The van der Waals surface area contributed by atoms with Crippen LogP contribution < -0.4 is 9.64 Å². The number of anilines is 1. The van der Waals surface area contributed by atoms with Crippen molar-refractivity contribution < 1.29 is 14.6 Å². The summed E-state index contributed by atoms with van der Waals surface area (Å²) in [7, 11) is 1.53. The van der Waals surface area contributed by atoms with E-state index in [4.69, 9.17) is 4.74 Å². The van der Waals surface area contributed by atoms with E-state index in [0.29, 0.717) is 15.1 Å². The van der Waals surface area contributed by atoms with Crippen LogP contribution in [0.5, 0.6) is 11.5 Å². The fourth-order valence-electron chi connectivity index (χ4n) is 2.55. The molecule has 4 nitrogen and oxygen atoms in total. The fraction of sp³-hybridized carbons (Fsp3) is 0.235. The summed E-state index contributed by atoms with van der Waals surface area (Å²) in [6.45, 7) is 2.02. The van der Waals surface area contributed by atoms with Crippen LogP contribution in [0.1, 0.15) is 16.5 Å². The average molecular weight is 441 g/mol. The number of ether oxygens (including phenoxy) is 1. The van der Waals surface area contributed by atoms with Crippen molar-refractivity contribution in [3.63, 3.8) is 0 Å². The molecule has 1 aliphatic rings. The van der Waals surface area contributed by atoms with Crippen LogP contribution in [0, 0.1) is 10.5 Å². The molecule has 1 heterocycles. The molecule has 3 rings (SSSR count). The molecule has 1 atom stereocenters. The van der Waals surface area contributed by atoms with Crippen LogP contribution in [0.2, 0.25) is 0 Å². The van der Waals surface area contributed by atoms with E-state index in [9.17, 15) is 9.90 Å². The van der Waals surface area contributed by atoms with E-state index in [2.05, 4.69) is 22.6 Å². The van der Waals surface area contributed by atoms with Crippen molar-refractivity contribution in [1.29, 1.82) is 0 Å². The molecule has 0 spiro atoms. The number of thioether (sulfide) groups is 1. The Morgan fingerprint density at radius 2 is 2.00 bits per heavy atom. The summed E-state index contributed by atoms with van der Waals surface area (Å²) >= 11 is 3.65. The molecule has 2 aromatic rings. The van der Waals surface area contributed by atoms with Crippen molar-refractivity contribution in [3.8, 4) is 11.5 Å². The molecule has 6 heteroatoms. The number of aromatic hydroxyl groups is 1. The number of phenolic OH excluding ortho intramolecular Hbond substituents is 1. The smallest absolute Gasteiger partial charge is 0.238 e. The maximum absolute atomic E-state index is 12.4. The van der Waals surface area contributed by atoms with Gasteiger partial charge in [-0.2, -0.15) is 0 Å². The Morgan fingerprint density at radius 1 is 1.30 bits per heavy atom. The highest BCUT2D eigenvalue weighted by Gasteiger charge is 2.34. The van der Waals surface area contributed by atoms with Gasteiger partial charge in [-0.1, -0.05) is 17.7 Å². The molecule has 120 valence electrons. The van der Waals surface area contributed by atoms with Gasteiger partial charge in [0.25, 0.3) is 0 Å². The van der Waals surface area contributed by atoms with Crippen LogP contribution in [0.15, 0.2) is 36.4 Å². The molecule has 0 aliphatic carbocycles. The maximum Gasteiger partial charge on any atom is 0.238 e. The molecule has 0 radical (unpaired) electrons. The highest BCUT2D eigenvalue weighted by atomic mass is 127. The van der Waals surface area contributed by atoms with Crippen LogP contribution in [0.4, 0.5) is 5.69 Å². The number of carbonyl (C=O) groups is 1. The number of methoxy groups -OCH3 is 1. The second-order valence-electron chi connectivity index (χ2n) is 5.32. The first-order valence-electron chi connectivity index (χ1n) is 7.08. The molecular weight excluding hydrogens is 425 g/mol. The van der Waals surface area contributed by atoms with E-state index in [1.165, 1.54) is 7.11 Å². The molecule has 1 aliphatic heterocycles. The maximum atomic E-state index is 12.4. The molecule has 1 fully saturated rings. The highest BCUT2D eigenvalue weighted by molar-refractivity contribution is 14.1. The van der Waals surface area contributed by atoms with Gasteiger partial charge in [0.2, 0.25) is 5.91 Å². The highest BCUT2D eigenvalue weighted by Crippen LogP contribution is 2.44. The summed E-state index contributed by atoms with van der Waals surface area (Å²) in [4.78, 5) is 14.2. The summed E-state index contributed by atoms with van der Waals surface area (Å²) in [5.74, 6) is 1.09. The van der Waals surface area contributed by atoms with Gasteiger partial charge in [0, 0.05) is 5.69 Å². The van der Waals surface area contributed by atoms with Crippen molar-refractivity contribution in [3.05, 3.63) is 51.1 Å². The Kier molecular flexibility index (Phi) is 4.72. The van der Waals surface area contributed by atoms with E-state index in [-0.39, 0.29) is 17.0 Å². The predicted molar refractivity (Wildman–Crippen MR) is 101 cm³/mol. The zero-order valence-electron chi connectivity index (χ0n) is 12.7. The molecule has 23 heavy (non-hydrogen) atoms. The minimum Gasteiger partial charge on any atom is -0.504 e. The van der Waals surface area contributed by atoms with Crippen LogP contribution in [-0.2, 0) is 4.79 Å². The number of rotatable bonds is 3. The number of nitrogens with zero attached hydrogens (tertiary/aromatic N) is 1. The van der Waals surface area contributed by atoms with Gasteiger partial charge in [-0.25, -0.2) is 0 Å². The van der Waals surface area contributed by atoms with Crippen molar-refractivity contribution in [1.82, 2.24) is 0 Å². The van der Waals surface area contributed by atoms with Gasteiger partial charge in [-0.3, -0.25) is 9.69 Å². The number of hydrogen-bond donors (Lipinski definition) is 1. The third-order valence-corrected chi connectivity index (χ3v) is 5.77.